The van der Waals surface area contributed by atoms with E-state index in [9.17, 15) is 9.59 Å². The lowest BCUT2D eigenvalue weighted by atomic mass is 10.2. The first-order valence-electron chi connectivity index (χ1n) is 4.96. The van der Waals surface area contributed by atoms with Crippen LogP contribution in [0.5, 0.6) is 0 Å². The van der Waals surface area contributed by atoms with Gasteiger partial charge in [0.05, 0.1) is 20.6 Å². The molecule has 0 aromatic heterocycles. The van der Waals surface area contributed by atoms with Crippen molar-refractivity contribution in [1.82, 2.24) is 0 Å². The summed E-state index contributed by atoms with van der Waals surface area (Å²) in [4.78, 5) is 22.3. The van der Waals surface area contributed by atoms with Crippen molar-refractivity contribution in [2.24, 2.45) is 0 Å². The number of esters is 2. The van der Waals surface area contributed by atoms with Gasteiger partial charge in [-0.3, -0.25) is 4.79 Å². The molecule has 0 aromatic rings. The van der Waals surface area contributed by atoms with E-state index in [1.165, 1.54) is 14.2 Å². The first-order valence-corrected chi connectivity index (χ1v) is 4.96. The normalized spacial score (nSPS) is 14.0. The van der Waals surface area contributed by atoms with Gasteiger partial charge in [-0.2, -0.15) is 0 Å². The summed E-state index contributed by atoms with van der Waals surface area (Å²) in [6.07, 6.45) is -1.78. The van der Waals surface area contributed by atoms with Crippen molar-refractivity contribution >= 4 is 11.9 Å². The molecule has 0 unspecified atom stereocenters. The molecule has 2 atom stereocenters. The van der Waals surface area contributed by atoms with E-state index >= 15 is 0 Å². The van der Waals surface area contributed by atoms with E-state index < -0.39 is 24.3 Å². The van der Waals surface area contributed by atoms with Gasteiger partial charge in [-0.1, -0.05) is 0 Å². The van der Waals surface area contributed by atoms with E-state index in [2.05, 4.69) is 9.47 Å². The lowest BCUT2D eigenvalue weighted by Crippen LogP contribution is -2.33. The number of methoxy groups -OCH3 is 2. The molecule has 6 nitrogen and oxygen atoms in total. The van der Waals surface area contributed by atoms with Gasteiger partial charge in [0, 0.05) is 6.61 Å². The van der Waals surface area contributed by atoms with Crippen LogP contribution in [0.3, 0.4) is 0 Å². The SMILES string of the molecule is CCO[C@H](C)O[C@H](CC(=O)OC)C(=O)OC. The number of ether oxygens (including phenoxy) is 4. The van der Waals surface area contributed by atoms with Crippen molar-refractivity contribution in [1.29, 1.82) is 0 Å². The molecule has 0 amide bonds. The quantitative estimate of drug-likeness (QED) is 0.471. The van der Waals surface area contributed by atoms with Gasteiger partial charge in [0.2, 0.25) is 0 Å². The Labute approximate surface area is 94.8 Å². The lowest BCUT2D eigenvalue weighted by molar-refractivity contribution is -0.189. The Morgan fingerprint density at radius 2 is 1.81 bits per heavy atom. The molecule has 0 N–H and O–H groups in total. The molecule has 94 valence electrons. The summed E-state index contributed by atoms with van der Waals surface area (Å²) in [5.74, 6) is -1.17. The van der Waals surface area contributed by atoms with Crippen LogP contribution in [0.4, 0.5) is 0 Å². The highest BCUT2D eigenvalue weighted by Crippen LogP contribution is 2.07. The summed E-state index contributed by atoms with van der Waals surface area (Å²) in [5, 5.41) is 0. The number of rotatable bonds is 7. The van der Waals surface area contributed by atoms with Gasteiger partial charge in [0.15, 0.2) is 12.4 Å². The summed E-state index contributed by atoms with van der Waals surface area (Å²) in [5.41, 5.74) is 0. The minimum atomic E-state index is -1.00. The first-order chi connectivity index (χ1) is 7.54. The average molecular weight is 234 g/mol. The Morgan fingerprint density at radius 1 is 1.19 bits per heavy atom. The average Bonchev–Trinajstić information content (AvgIpc) is 2.27. The van der Waals surface area contributed by atoms with Crippen LogP contribution < -0.4 is 0 Å². The first kappa shape index (κ1) is 14.9. The molecule has 0 spiro atoms. The second kappa shape index (κ2) is 8.06. The molecule has 0 aliphatic carbocycles. The molecule has 0 saturated carbocycles. The van der Waals surface area contributed by atoms with Crippen molar-refractivity contribution in [3.05, 3.63) is 0 Å². The molecule has 16 heavy (non-hydrogen) atoms. The van der Waals surface area contributed by atoms with Gasteiger partial charge in [-0.05, 0) is 13.8 Å². The van der Waals surface area contributed by atoms with E-state index in [-0.39, 0.29) is 6.42 Å². The second-order valence-electron chi connectivity index (χ2n) is 2.95. The topological polar surface area (TPSA) is 71.1 Å². The number of hydrogen-bond acceptors (Lipinski definition) is 6. The van der Waals surface area contributed by atoms with Gasteiger partial charge < -0.3 is 18.9 Å². The van der Waals surface area contributed by atoms with Crippen LogP contribution in [0.2, 0.25) is 0 Å². The summed E-state index contributed by atoms with van der Waals surface area (Å²) < 4.78 is 19.3. The highest BCUT2D eigenvalue weighted by Gasteiger charge is 2.26. The van der Waals surface area contributed by atoms with Gasteiger partial charge in [-0.25, -0.2) is 4.79 Å². The van der Waals surface area contributed by atoms with E-state index in [1.54, 1.807) is 13.8 Å². The molecule has 0 fully saturated rings. The molecule has 0 radical (unpaired) electrons. The van der Waals surface area contributed by atoms with Gasteiger partial charge in [0.25, 0.3) is 0 Å². The maximum absolute atomic E-state index is 11.3. The van der Waals surface area contributed by atoms with E-state index in [0.29, 0.717) is 6.61 Å². The number of carbonyl (C=O) groups excluding carboxylic acids is 2. The number of hydrogen-bond donors (Lipinski definition) is 0. The molecule has 0 aliphatic heterocycles. The third kappa shape index (κ3) is 5.67. The van der Waals surface area contributed by atoms with Crippen molar-refractivity contribution in [2.75, 3.05) is 20.8 Å². The van der Waals surface area contributed by atoms with Crippen molar-refractivity contribution in [3.63, 3.8) is 0 Å². The molecular formula is C10H18O6. The zero-order chi connectivity index (χ0) is 12.6. The third-order valence-electron chi connectivity index (χ3n) is 1.80. The molecule has 0 rings (SSSR count). The highest BCUT2D eigenvalue weighted by atomic mass is 16.7. The monoisotopic (exact) mass is 234 g/mol. The third-order valence-corrected chi connectivity index (χ3v) is 1.80. The zero-order valence-corrected chi connectivity index (χ0v) is 10.0. The van der Waals surface area contributed by atoms with Gasteiger partial charge in [0.1, 0.15) is 0 Å². The zero-order valence-electron chi connectivity index (χ0n) is 10.0. The van der Waals surface area contributed by atoms with Gasteiger partial charge in [-0.15, -0.1) is 0 Å². The van der Waals surface area contributed by atoms with Crippen LogP contribution in [0.1, 0.15) is 20.3 Å². The Balaban J connectivity index is 4.31. The fourth-order valence-electron chi connectivity index (χ4n) is 1.06. The molecule has 0 bridgehead atoms. The van der Waals surface area contributed by atoms with Crippen LogP contribution in [-0.4, -0.2) is 45.2 Å². The predicted octanol–water partition coefficient (Wildman–Crippen LogP) is 0.490. The highest BCUT2D eigenvalue weighted by molar-refractivity contribution is 5.81. The summed E-state index contributed by atoms with van der Waals surface area (Å²) in [6.45, 7) is 3.89. The summed E-state index contributed by atoms with van der Waals surface area (Å²) in [7, 11) is 2.46. The van der Waals surface area contributed by atoms with E-state index in [1.807, 2.05) is 0 Å². The molecular weight excluding hydrogens is 216 g/mol. The minimum Gasteiger partial charge on any atom is -0.469 e. The van der Waals surface area contributed by atoms with Gasteiger partial charge >= 0.3 is 11.9 Å². The molecule has 0 aliphatic rings. The molecule has 0 aromatic carbocycles. The van der Waals surface area contributed by atoms with Crippen LogP contribution >= 0.6 is 0 Å². The Kier molecular flexibility index (Phi) is 7.49. The standard InChI is InChI=1S/C10H18O6/c1-5-15-7(2)16-8(10(12)14-4)6-9(11)13-3/h7-8H,5-6H2,1-4H3/t7-,8+/m0/s1. The summed E-state index contributed by atoms with van der Waals surface area (Å²) in [6, 6.07) is 0. The Morgan fingerprint density at radius 3 is 2.25 bits per heavy atom. The molecule has 0 saturated heterocycles. The minimum absolute atomic E-state index is 0.194. The largest absolute Gasteiger partial charge is 0.469 e. The fraction of sp³-hybridized carbons (Fsp3) is 0.800. The second-order valence-corrected chi connectivity index (χ2v) is 2.95. The smallest absolute Gasteiger partial charge is 0.335 e. The maximum atomic E-state index is 11.3. The van der Waals surface area contributed by atoms with Crippen LogP contribution in [0, 0.1) is 0 Å². The van der Waals surface area contributed by atoms with Crippen molar-refractivity contribution < 1.29 is 28.5 Å². The Hall–Kier alpha value is -1.14. The predicted molar refractivity (Wildman–Crippen MR) is 54.6 cm³/mol. The van der Waals surface area contributed by atoms with Crippen molar-refractivity contribution in [3.8, 4) is 0 Å². The van der Waals surface area contributed by atoms with E-state index in [0.717, 1.165) is 0 Å². The molecule has 0 heterocycles. The van der Waals surface area contributed by atoms with E-state index in [4.69, 9.17) is 9.47 Å². The van der Waals surface area contributed by atoms with Crippen LogP contribution in [-0.2, 0) is 28.5 Å². The number of carbonyl (C=O) groups is 2. The lowest BCUT2D eigenvalue weighted by Gasteiger charge is -2.19. The van der Waals surface area contributed by atoms with Crippen LogP contribution in [0.15, 0.2) is 0 Å². The fourth-order valence-corrected chi connectivity index (χ4v) is 1.06. The van der Waals surface area contributed by atoms with Crippen LogP contribution in [0.25, 0.3) is 0 Å². The van der Waals surface area contributed by atoms with Crippen molar-refractivity contribution in [2.45, 2.75) is 32.7 Å². The maximum Gasteiger partial charge on any atom is 0.335 e. The molecule has 6 heteroatoms. The summed E-state index contributed by atoms with van der Waals surface area (Å²) >= 11 is 0. The Bertz CT molecular complexity index is 227.